The Morgan fingerprint density at radius 1 is 1.16 bits per heavy atom. The smallest absolute Gasteiger partial charge is 0.251 e. The van der Waals surface area contributed by atoms with Crippen LogP contribution in [0.4, 0.5) is 0 Å². The number of ether oxygens (including phenoxy) is 1. The van der Waals surface area contributed by atoms with Gasteiger partial charge in [-0.25, -0.2) is 0 Å². The highest BCUT2D eigenvalue weighted by Gasteiger charge is 2.48. The van der Waals surface area contributed by atoms with Crippen LogP contribution in [0.5, 0.6) is 5.75 Å². The van der Waals surface area contributed by atoms with Crippen LogP contribution in [-0.4, -0.2) is 59.4 Å². The Hall–Kier alpha value is -3.81. The number of benzene rings is 2. The van der Waals surface area contributed by atoms with Crippen molar-refractivity contribution in [1.82, 2.24) is 20.5 Å². The number of aromatic amines is 1. The molecule has 2 fully saturated rings. The van der Waals surface area contributed by atoms with Crippen molar-refractivity contribution in [1.29, 1.82) is 0 Å². The van der Waals surface area contributed by atoms with Crippen LogP contribution < -0.4 is 15.4 Å². The minimum absolute atomic E-state index is 0.110. The number of rotatable bonds is 5. The number of H-pyrrole nitrogens is 1. The highest BCUT2D eigenvalue weighted by atomic mass is 16.5. The number of hydrogen-bond donors (Lipinski definition) is 3. The van der Waals surface area contributed by atoms with Crippen LogP contribution in [0.25, 0.3) is 10.9 Å². The van der Waals surface area contributed by atoms with Crippen molar-refractivity contribution in [2.24, 2.45) is 0 Å². The minimum Gasteiger partial charge on any atom is -0.497 e. The second kappa shape index (κ2) is 8.03. The van der Waals surface area contributed by atoms with Crippen molar-refractivity contribution in [3.8, 4) is 5.75 Å². The van der Waals surface area contributed by atoms with E-state index in [9.17, 15) is 14.4 Å². The van der Waals surface area contributed by atoms with Gasteiger partial charge in [-0.2, -0.15) is 0 Å². The van der Waals surface area contributed by atoms with E-state index >= 15 is 0 Å². The van der Waals surface area contributed by atoms with Crippen LogP contribution >= 0.6 is 0 Å². The van der Waals surface area contributed by atoms with Gasteiger partial charge in [0.1, 0.15) is 17.8 Å². The maximum Gasteiger partial charge on any atom is 0.251 e. The zero-order valence-corrected chi connectivity index (χ0v) is 17.6. The Kier molecular flexibility index (Phi) is 5.05. The molecule has 3 amide bonds. The van der Waals surface area contributed by atoms with E-state index in [1.165, 1.54) is 0 Å². The third-order valence-corrected chi connectivity index (χ3v) is 6.33. The molecular formula is C24H24N4O4. The van der Waals surface area contributed by atoms with Crippen molar-refractivity contribution < 1.29 is 19.1 Å². The monoisotopic (exact) mass is 432 g/mol. The lowest BCUT2D eigenvalue weighted by atomic mass is 9.99. The third kappa shape index (κ3) is 3.47. The first-order valence-corrected chi connectivity index (χ1v) is 10.7. The van der Waals surface area contributed by atoms with Crippen molar-refractivity contribution in [3.63, 3.8) is 0 Å². The second-order valence-electron chi connectivity index (χ2n) is 8.20. The molecule has 1 aromatic heterocycles. The molecule has 2 aromatic carbocycles. The molecule has 8 nitrogen and oxygen atoms in total. The summed E-state index contributed by atoms with van der Waals surface area (Å²) in [5.74, 6) is 0.0424. The maximum atomic E-state index is 13.2. The molecule has 3 N–H and O–H groups in total. The van der Waals surface area contributed by atoms with Crippen LogP contribution in [0, 0.1) is 0 Å². The molecule has 3 atom stereocenters. The molecule has 5 rings (SSSR count). The summed E-state index contributed by atoms with van der Waals surface area (Å²) >= 11 is 0. The summed E-state index contributed by atoms with van der Waals surface area (Å²) in [6, 6.07) is 12.9. The number of fused-ring (bicyclic) bond motifs is 2. The molecular weight excluding hydrogens is 408 g/mol. The molecule has 0 unspecified atom stereocenters. The molecule has 2 saturated heterocycles. The maximum absolute atomic E-state index is 13.2. The van der Waals surface area contributed by atoms with E-state index in [4.69, 9.17) is 4.74 Å². The van der Waals surface area contributed by atoms with E-state index in [0.29, 0.717) is 30.7 Å². The lowest BCUT2D eigenvalue weighted by Crippen LogP contribution is -2.65. The predicted molar refractivity (Wildman–Crippen MR) is 118 cm³/mol. The van der Waals surface area contributed by atoms with Crippen molar-refractivity contribution in [2.75, 3.05) is 13.7 Å². The van der Waals surface area contributed by atoms with Crippen LogP contribution in [-0.2, 0) is 16.0 Å². The Bertz CT molecular complexity index is 1190. The Balaban J connectivity index is 1.28. The number of nitrogens with zero attached hydrogens (tertiary/aromatic N) is 1. The number of piperazine rings is 1. The number of carbonyl (C=O) groups is 3. The molecule has 164 valence electrons. The average molecular weight is 432 g/mol. The number of methoxy groups -OCH3 is 1. The quantitative estimate of drug-likeness (QED) is 0.570. The zero-order chi connectivity index (χ0) is 22.2. The summed E-state index contributed by atoms with van der Waals surface area (Å²) in [5, 5.41) is 6.86. The fraction of sp³-hybridized carbons (Fsp3) is 0.292. The van der Waals surface area contributed by atoms with Gasteiger partial charge in [0, 0.05) is 35.6 Å². The van der Waals surface area contributed by atoms with Crippen molar-refractivity contribution in [3.05, 3.63) is 65.9 Å². The molecule has 0 radical (unpaired) electrons. The number of hydrogen-bond acceptors (Lipinski definition) is 4. The fourth-order valence-corrected chi connectivity index (χ4v) is 4.69. The van der Waals surface area contributed by atoms with Crippen molar-refractivity contribution >= 4 is 28.6 Å². The van der Waals surface area contributed by atoms with Gasteiger partial charge in [0.2, 0.25) is 11.8 Å². The SMILES string of the molecule is COc1ccc(C(=O)N[C@H]2CCN3C(=O)[C@@H](Cc4c[nH]c5ccccc45)NC(=O)[C@H]23)cc1. The first-order chi connectivity index (χ1) is 15.5. The molecule has 0 saturated carbocycles. The van der Waals surface area contributed by atoms with Gasteiger partial charge in [-0.1, -0.05) is 18.2 Å². The van der Waals surface area contributed by atoms with Crippen molar-refractivity contribution in [2.45, 2.75) is 31.0 Å². The number of para-hydroxylation sites is 1. The van der Waals surface area contributed by atoms with E-state index in [2.05, 4.69) is 15.6 Å². The summed E-state index contributed by atoms with van der Waals surface area (Å²) in [6.07, 6.45) is 2.84. The summed E-state index contributed by atoms with van der Waals surface area (Å²) in [7, 11) is 1.56. The van der Waals surface area contributed by atoms with Gasteiger partial charge in [0.25, 0.3) is 5.91 Å². The number of amides is 3. The topological polar surface area (TPSA) is 104 Å². The van der Waals surface area contributed by atoms with E-state index in [0.717, 1.165) is 16.5 Å². The largest absolute Gasteiger partial charge is 0.497 e. The van der Waals surface area contributed by atoms with E-state index in [-0.39, 0.29) is 17.7 Å². The van der Waals surface area contributed by atoms with Crippen LogP contribution in [0.1, 0.15) is 22.3 Å². The van der Waals surface area contributed by atoms with Crippen LogP contribution in [0.2, 0.25) is 0 Å². The Labute approximate surface area is 184 Å². The Morgan fingerprint density at radius 2 is 1.94 bits per heavy atom. The van der Waals surface area contributed by atoms with E-state index < -0.39 is 18.1 Å². The molecule has 0 bridgehead atoms. The van der Waals surface area contributed by atoms with Gasteiger partial charge >= 0.3 is 0 Å². The zero-order valence-electron chi connectivity index (χ0n) is 17.6. The van der Waals surface area contributed by atoms with Gasteiger partial charge in [-0.05, 0) is 42.3 Å². The molecule has 2 aliphatic heterocycles. The normalized spacial score (nSPS) is 22.5. The highest BCUT2D eigenvalue weighted by molar-refractivity contribution is 6.00. The predicted octanol–water partition coefficient (Wildman–Crippen LogP) is 1.62. The average Bonchev–Trinajstić information content (AvgIpc) is 3.42. The second-order valence-corrected chi connectivity index (χ2v) is 8.20. The summed E-state index contributed by atoms with van der Waals surface area (Å²) in [4.78, 5) is 43.6. The first kappa shape index (κ1) is 20.1. The third-order valence-electron chi connectivity index (χ3n) is 6.33. The van der Waals surface area contributed by atoms with Gasteiger partial charge in [0.05, 0.1) is 13.2 Å². The molecule has 0 aliphatic carbocycles. The van der Waals surface area contributed by atoms with Crippen LogP contribution in [0.15, 0.2) is 54.7 Å². The highest BCUT2D eigenvalue weighted by Crippen LogP contribution is 2.26. The molecule has 2 aliphatic rings. The molecule has 3 heterocycles. The molecule has 3 aromatic rings. The van der Waals surface area contributed by atoms with Gasteiger partial charge in [-0.15, -0.1) is 0 Å². The number of carbonyl (C=O) groups excluding carboxylic acids is 3. The number of aromatic nitrogens is 1. The summed E-state index contributed by atoms with van der Waals surface area (Å²) in [6.45, 7) is 0.439. The van der Waals surface area contributed by atoms with Crippen LogP contribution in [0.3, 0.4) is 0 Å². The van der Waals surface area contributed by atoms with E-state index in [1.54, 1.807) is 36.3 Å². The summed E-state index contributed by atoms with van der Waals surface area (Å²) in [5.41, 5.74) is 2.46. The van der Waals surface area contributed by atoms with E-state index in [1.807, 2.05) is 30.5 Å². The molecule has 32 heavy (non-hydrogen) atoms. The summed E-state index contributed by atoms with van der Waals surface area (Å²) < 4.78 is 5.12. The Morgan fingerprint density at radius 3 is 2.72 bits per heavy atom. The molecule has 0 spiro atoms. The lowest BCUT2D eigenvalue weighted by Gasteiger charge is -2.36. The standard InChI is InChI=1S/C24H24N4O4/c1-32-16-8-6-14(7-9-16)22(29)26-19-10-11-28-21(19)23(30)27-20(24(28)31)12-15-13-25-18-5-3-2-4-17(15)18/h2-9,13,19-21,25H,10-12H2,1H3,(H,26,29)(H,27,30)/t19-,20+,21-/m0/s1. The van der Waals surface area contributed by atoms with Gasteiger partial charge in [-0.3, -0.25) is 14.4 Å². The van der Waals surface area contributed by atoms with Gasteiger partial charge in [0.15, 0.2) is 0 Å². The first-order valence-electron chi connectivity index (χ1n) is 10.7. The number of nitrogens with one attached hydrogen (secondary N) is 3. The molecule has 8 heteroatoms. The lowest BCUT2D eigenvalue weighted by molar-refractivity contribution is -0.147. The van der Waals surface area contributed by atoms with Gasteiger partial charge < -0.3 is 25.3 Å². The minimum atomic E-state index is -0.691. The fourth-order valence-electron chi connectivity index (χ4n) is 4.69.